The van der Waals surface area contributed by atoms with Gasteiger partial charge in [-0.05, 0) is 52.0 Å². The monoisotopic (exact) mass is 211 g/mol. The van der Waals surface area contributed by atoms with E-state index in [4.69, 9.17) is 4.74 Å². The molecule has 1 aliphatic heterocycles. The predicted octanol–water partition coefficient (Wildman–Crippen LogP) is 1.72. The van der Waals surface area contributed by atoms with Crippen LogP contribution in [0, 0.1) is 11.3 Å². The van der Waals surface area contributed by atoms with Gasteiger partial charge in [0.05, 0.1) is 5.92 Å². The van der Waals surface area contributed by atoms with Gasteiger partial charge in [0.15, 0.2) is 0 Å². The van der Waals surface area contributed by atoms with E-state index in [1.54, 1.807) is 0 Å². The summed E-state index contributed by atoms with van der Waals surface area (Å²) < 4.78 is 5.39. The smallest absolute Gasteiger partial charge is 0.309 e. The third-order valence-corrected chi connectivity index (χ3v) is 3.43. The van der Waals surface area contributed by atoms with Gasteiger partial charge in [0.25, 0.3) is 0 Å². The largest absolute Gasteiger partial charge is 0.460 e. The molecule has 0 amide bonds. The topological polar surface area (TPSA) is 38.3 Å². The Hall–Kier alpha value is -0.570. The molecule has 2 fully saturated rings. The van der Waals surface area contributed by atoms with Crippen molar-refractivity contribution < 1.29 is 9.53 Å². The van der Waals surface area contributed by atoms with Gasteiger partial charge >= 0.3 is 5.97 Å². The molecule has 15 heavy (non-hydrogen) atoms. The van der Waals surface area contributed by atoms with E-state index in [-0.39, 0.29) is 17.5 Å². The Kier molecular flexibility index (Phi) is 2.53. The number of carbonyl (C=O) groups excluding carboxylic acids is 1. The normalized spacial score (nSPS) is 35.3. The zero-order valence-electron chi connectivity index (χ0n) is 9.93. The molecule has 0 aromatic heterocycles. The highest BCUT2D eigenvalue weighted by atomic mass is 16.6. The maximum Gasteiger partial charge on any atom is 0.309 e. The van der Waals surface area contributed by atoms with Crippen molar-refractivity contribution in [1.29, 1.82) is 0 Å². The highest BCUT2D eigenvalue weighted by molar-refractivity contribution is 5.74. The SMILES string of the molecule is CC(C)(C)OC(=O)C1CC2(CCNC2)C1. The number of carbonyl (C=O) groups is 1. The molecular formula is C12H21NO2. The van der Waals surface area contributed by atoms with E-state index in [2.05, 4.69) is 5.32 Å². The number of rotatable bonds is 1. The second kappa shape index (κ2) is 3.48. The van der Waals surface area contributed by atoms with Crippen molar-refractivity contribution in [3.63, 3.8) is 0 Å². The van der Waals surface area contributed by atoms with Gasteiger partial charge < -0.3 is 10.1 Å². The first-order chi connectivity index (χ1) is 6.90. The van der Waals surface area contributed by atoms with Gasteiger partial charge in [-0.25, -0.2) is 0 Å². The van der Waals surface area contributed by atoms with Crippen LogP contribution in [0.3, 0.4) is 0 Å². The third kappa shape index (κ3) is 2.33. The molecule has 86 valence electrons. The summed E-state index contributed by atoms with van der Waals surface area (Å²) >= 11 is 0. The first-order valence-corrected chi connectivity index (χ1v) is 5.84. The maximum atomic E-state index is 11.7. The number of ether oxygens (including phenoxy) is 1. The fourth-order valence-electron chi connectivity index (χ4n) is 2.68. The van der Waals surface area contributed by atoms with Crippen molar-refractivity contribution in [3.8, 4) is 0 Å². The summed E-state index contributed by atoms with van der Waals surface area (Å²) in [5, 5.41) is 3.37. The van der Waals surface area contributed by atoms with Crippen LogP contribution < -0.4 is 5.32 Å². The summed E-state index contributed by atoms with van der Waals surface area (Å²) in [7, 11) is 0. The first-order valence-electron chi connectivity index (χ1n) is 5.84. The molecule has 1 N–H and O–H groups in total. The number of esters is 1. The van der Waals surface area contributed by atoms with E-state index in [0.29, 0.717) is 5.41 Å². The zero-order valence-corrected chi connectivity index (χ0v) is 9.93. The minimum atomic E-state index is -0.340. The van der Waals surface area contributed by atoms with Gasteiger partial charge in [-0.15, -0.1) is 0 Å². The van der Waals surface area contributed by atoms with Crippen LogP contribution in [0.5, 0.6) is 0 Å². The van der Waals surface area contributed by atoms with Crippen LogP contribution in [0.4, 0.5) is 0 Å². The Bertz CT molecular complexity index is 253. The molecule has 0 aromatic rings. The molecule has 1 saturated carbocycles. The molecule has 0 radical (unpaired) electrons. The fraction of sp³-hybridized carbons (Fsp3) is 0.917. The minimum absolute atomic E-state index is 0.0000231. The molecule has 0 unspecified atom stereocenters. The zero-order chi connectivity index (χ0) is 11.1. The number of hydrogen-bond donors (Lipinski definition) is 1. The van der Waals surface area contributed by atoms with Crippen LogP contribution in [0.15, 0.2) is 0 Å². The van der Waals surface area contributed by atoms with Crippen LogP contribution in [-0.4, -0.2) is 24.7 Å². The number of nitrogens with one attached hydrogen (secondary N) is 1. The van der Waals surface area contributed by atoms with E-state index >= 15 is 0 Å². The Morgan fingerprint density at radius 3 is 2.53 bits per heavy atom. The van der Waals surface area contributed by atoms with Crippen LogP contribution >= 0.6 is 0 Å². The van der Waals surface area contributed by atoms with Crippen LogP contribution in [0.1, 0.15) is 40.0 Å². The molecular weight excluding hydrogens is 190 g/mol. The predicted molar refractivity (Wildman–Crippen MR) is 58.5 cm³/mol. The van der Waals surface area contributed by atoms with Crippen molar-refractivity contribution in [2.24, 2.45) is 11.3 Å². The Balaban J connectivity index is 1.81. The Morgan fingerprint density at radius 2 is 2.07 bits per heavy atom. The summed E-state index contributed by atoms with van der Waals surface area (Å²) in [4.78, 5) is 11.7. The van der Waals surface area contributed by atoms with E-state index in [1.165, 1.54) is 6.42 Å². The lowest BCUT2D eigenvalue weighted by molar-refractivity contribution is -0.167. The van der Waals surface area contributed by atoms with Crippen molar-refractivity contribution >= 4 is 5.97 Å². The van der Waals surface area contributed by atoms with E-state index < -0.39 is 0 Å². The molecule has 3 nitrogen and oxygen atoms in total. The van der Waals surface area contributed by atoms with Crippen LogP contribution in [0.2, 0.25) is 0 Å². The van der Waals surface area contributed by atoms with Gasteiger partial charge in [0.2, 0.25) is 0 Å². The fourth-order valence-corrected chi connectivity index (χ4v) is 2.68. The molecule has 1 saturated heterocycles. The summed E-state index contributed by atoms with van der Waals surface area (Å²) in [5.74, 6) is 0.157. The molecule has 1 aliphatic carbocycles. The lowest BCUT2D eigenvalue weighted by atomic mass is 9.61. The average molecular weight is 211 g/mol. The molecule has 1 heterocycles. The highest BCUT2D eigenvalue weighted by Crippen LogP contribution is 2.50. The molecule has 1 spiro atoms. The average Bonchev–Trinajstić information content (AvgIpc) is 2.44. The van der Waals surface area contributed by atoms with Gasteiger partial charge in [0.1, 0.15) is 5.60 Å². The second-order valence-electron chi connectivity index (χ2n) is 6.07. The standard InChI is InChI=1S/C12H21NO2/c1-11(2,3)15-10(14)9-6-12(7-9)4-5-13-8-12/h9,13H,4-8H2,1-3H3. The lowest BCUT2D eigenvalue weighted by Crippen LogP contribution is -2.44. The molecule has 2 rings (SSSR count). The van der Waals surface area contributed by atoms with Crippen LogP contribution in [-0.2, 0) is 9.53 Å². The first kappa shape index (κ1) is 10.9. The highest BCUT2D eigenvalue weighted by Gasteiger charge is 2.49. The molecule has 3 heteroatoms. The van der Waals surface area contributed by atoms with Gasteiger partial charge in [-0.3, -0.25) is 4.79 Å². The molecule has 0 atom stereocenters. The van der Waals surface area contributed by atoms with Gasteiger partial charge in [0, 0.05) is 6.54 Å². The molecule has 2 aliphatic rings. The van der Waals surface area contributed by atoms with Crippen molar-refractivity contribution in [2.45, 2.75) is 45.6 Å². The quantitative estimate of drug-likeness (QED) is 0.671. The third-order valence-electron chi connectivity index (χ3n) is 3.43. The summed E-state index contributed by atoms with van der Waals surface area (Å²) in [6.45, 7) is 7.98. The maximum absolute atomic E-state index is 11.7. The summed E-state index contributed by atoms with van der Waals surface area (Å²) in [5.41, 5.74) is 0.0926. The molecule has 0 bridgehead atoms. The van der Waals surface area contributed by atoms with E-state index in [1.807, 2.05) is 20.8 Å². The minimum Gasteiger partial charge on any atom is -0.460 e. The van der Waals surface area contributed by atoms with Crippen molar-refractivity contribution in [3.05, 3.63) is 0 Å². The van der Waals surface area contributed by atoms with Crippen molar-refractivity contribution in [2.75, 3.05) is 13.1 Å². The van der Waals surface area contributed by atoms with E-state index in [9.17, 15) is 4.79 Å². The Labute approximate surface area is 91.6 Å². The van der Waals surface area contributed by atoms with E-state index in [0.717, 1.165) is 25.9 Å². The summed E-state index contributed by atoms with van der Waals surface area (Å²) in [6.07, 6.45) is 3.27. The van der Waals surface area contributed by atoms with Gasteiger partial charge in [-0.2, -0.15) is 0 Å². The number of hydrogen-bond acceptors (Lipinski definition) is 3. The summed E-state index contributed by atoms with van der Waals surface area (Å²) in [6, 6.07) is 0. The Morgan fingerprint density at radius 1 is 1.40 bits per heavy atom. The van der Waals surface area contributed by atoms with Crippen molar-refractivity contribution in [1.82, 2.24) is 5.32 Å². The lowest BCUT2D eigenvalue weighted by Gasteiger charge is -2.44. The second-order valence-corrected chi connectivity index (χ2v) is 6.07. The van der Waals surface area contributed by atoms with Crippen LogP contribution in [0.25, 0.3) is 0 Å². The molecule has 0 aromatic carbocycles. The van der Waals surface area contributed by atoms with Gasteiger partial charge in [-0.1, -0.05) is 0 Å².